The monoisotopic (exact) mass is 450 g/mol. The van der Waals surface area contributed by atoms with Crippen LogP contribution < -0.4 is 0 Å². The van der Waals surface area contributed by atoms with E-state index in [1.54, 1.807) is 18.9 Å². The number of hydrogen-bond donors (Lipinski definition) is 0. The summed E-state index contributed by atoms with van der Waals surface area (Å²) in [4.78, 5) is 0. The molecule has 0 spiro atoms. The minimum atomic E-state index is -0.181. The second kappa shape index (κ2) is 12.2. The van der Waals surface area contributed by atoms with Gasteiger partial charge in [-0.15, -0.1) is 11.8 Å². The van der Waals surface area contributed by atoms with Crippen LogP contribution in [0.15, 0.2) is 91.0 Å². The maximum atomic E-state index is 6.43. The van der Waals surface area contributed by atoms with Crippen LogP contribution in [0.5, 0.6) is 0 Å². The molecule has 1 unspecified atom stereocenters. The summed E-state index contributed by atoms with van der Waals surface area (Å²) in [6, 6.07) is 30.7. The fourth-order valence-electron chi connectivity index (χ4n) is 3.79. The Bertz CT molecular complexity index is 907. The maximum absolute atomic E-state index is 6.43. The van der Waals surface area contributed by atoms with Gasteiger partial charge in [0.2, 0.25) is 0 Å². The third-order valence-electron chi connectivity index (χ3n) is 5.46. The lowest BCUT2D eigenvalue weighted by Gasteiger charge is -2.26. The van der Waals surface area contributed by atoms with Crippen molar-refractivity contribution in [1.82, 2.24) is 0 Å². The van der Waals surface area contributed by atoms with Crippen molar-refractivity contribution < 1.29 is 18.9 Å². The third-order valence-corrected chi connectivity index (χ3v) is 6.95. The minimum Gasteiger partial charge on any atom is -0.376 e. The quantitative estimate of drug-likeness (QED) is 0.388. The zero-order valence-corrected chi connectivity index (χ0v) is 19.2. The van der Waals surface area contributed by atoms with Gasteiger partial charge in [0.1, 0.15) is 17.6 Å². The molecule has 0 saturated carbocycles. The Kier molecular flexibility index (Phi) is 8.77. The molecule has 1 heterocycles. The molecule has 168 valence electrons. The zero-order valence-electron chi connectivity index (χ0n) is 18.3. The van der Waals surface area contributed by atoms with Gasteiger partial charge in [0, 0.05) is 7.11 Å². The maximum Gasteiger partial charge on any atom is 0.132 e. The number of ether oxygens (including phenoxy) is 4. The van der Waals surface area contributed by atoms with Crippen LogP contribution in [0.4, 0.5) is 0 Å². The highest BCUT2D eigenvalue weighted by Crippen LogP contribution is 2.39. The Morgan fingerprint density at radius 1 is 0.625 bits per heavy atom. The van der Waals surface area contributed by atoms with Gasteiger partial charge in [-0.3, -0.25) is 0 Å². The number of hydrogen-bond acceptors (Lipinski definition) is 5. The highest BCUT2D eigenvalue weighted by atomic mass is 32.2. The minimum absolute atomic E-state index is 0.107. The third kappa shape index (κ3) is 6.44. The molecule has 0 amide bonds. The number of thioether (sulfide) groups is 1. The fourth-order valence-corrected chi connectivity index (χ4v) is 5.20. The van der Waals surface area contributed by atoms with Gasteiger partial charge >= 0.3 is 0 Å². The molecule has 4 rings (SSSR count). The summed E-state index contributed by atoms with van der Waals surface area (Å²) in [5.41, 5.74) is 3.34. The molecular weight excluding hydrogens is 420 g/mol. The van der Waals surface area contributed by atoms with Crippen LogP contribution in [0.25, 0.3) is 0 Å². The van der Waals surface area contributed by atoms with E-state index in [1.807, 2.05) is 54.6 Å². The Labute approximate surface area is 194 Å². The fraction of sp³-hybridized carbons (Fsp3) is 0.333. The van der Waals surface area contributed by atoms with Gasteiger partial charge in [-0.25, -0.2) is 0 Å². The van der Waals surface area contributed by atoms with Crippen molar-refractivity contribution in [2.45, 2.75) is 42.7 Å². The summed E-state index contributed by atoms with van der Waals surface area (Å²) in [6.07, 6.45) is -0.316. The molecule has 0 bridgehead atoms. The van der Waals surface area contributed by atoms with E-state index < -0.39 is 0 Å². The first-order valence-corrected chi connectivity index (χ1v) is 11.9. The van der Waals surface area contributed by atoms with E-state index >= 15 is 0 Å². The summed E-state index contributed by atoms with van der Waals surface area (Å²) >= 11 is 1.74. The van der Waals surface area contributed by atoms with Gasteiger partial charge in [0.05, 0.1) is 31.7 Å². The van der Waals surface area contributed by atoms with E-state index in [-0.39, 0.29) is 22.9 Å². The first kappa shape index (κ1) is 23.0. The van der Waals surface area contributed by atoms with Gasteiger partial charge in [0.25, 0.3) is 0 Å². The summed E-state index contributed by atoms with van der Waals surface area (Å²) in [6.45, 7) is 2.21. The summed E-state index contributed by atoms with van der Waals surface area (Å²) < 4.78 is 24.7. The first-order chi connectivity index (χ1) is 15.8. The van der Waals surface area contributed by atoms with Crippen LogP contribution in [0, 0.1) is 0 Å². The molecule has 0 aromatic heterocycles. The predicted molar refractivity (Wildman–Crippen MR) is 128 cm³/mol. The molecule has 1 aliphatic heterocycles. The van der Waals surface area contributed by atoms with Crippen LogP contribution in [0.3, 0.4) is 0 Å². The molecule has 1 fully saturated rings. The first-order valence-electron chi connectivity index (χ1n) is 10.9. The smallest absolute Gasteiger partial charge is 0.132 e. The summed E-state index contributed by atoms with van der Waals surface area (Å²) in [7, 11) is 1.73. The summed E-state index contributed by atoms with van der Waals surface area (Å²) in [5, 5.41) is 0.119. The zero-order chi connectivity index (χ0) is 22.0. The van der Waals surface area contributed by atoms with E-state index in [2.05, 4.69) is 36.4 Å². The molecular formula is C27H30O4S. The Morgan fingerprint density at radius 2 is 1.09 bits per heavy atom. The van der Waals surface area contributed by atoms with Crippen molar-refractivity contribution in [2.75, 3.05) is 13.7 Å². The van der Waals surface area contributed by atoms with E-state index in [9.17, 15) is 0 Å². The number of methoxy groups -OCH3 is 1. The summed E-state index contributed by atoms with van der Waals surface area (Å²) in [5.74, 6) is 0. The molecule has 32 heavy (non-hydrogen) atoms. The standard InChI is InChI=1S/C27H30O4S/c1-28-27-26(31-19-23-15-9-4-10-16-23)25(30-18-22-13-7-3-8-14-22)24(32-27)20-29-17-21-11-5-2-6-12-21/h2-16,24-27H,17-20H2,1H3/t24-,25-,26+,27?/m1/s1. The lowest BCUT2D eigenvalue weighted by atomic mass is 10.1. The van der Waals surface area contributed by atoms with E-state index in [1.165, 1.54) is 0 Å². The van der Waals surface area contributed by atoms with Crippen molar-refractivity contribution in [3.8, 4) is 0 Å². The van der Waals surface area contributed by atoms with Gasteiger partial charge in [0.15, 0.2) is 0 Å². The number of rotatable bonds is 11. The highest BCUT2D eigenvalue weighted by molar-refractivity contribution is 8.00. The van der Waals surface area contributed by atoms with Crippen LogP contribution in [-0.2, 0) is 38.8 Å². The molecule has 3 aromatic rings. The largest absolute Gasteiger partial charge is 0.376 e. The van der Waals surface area contributed by atoms with E-state index in [4.69, 9.17) is 18.9 Å². The normalized spacial score (nSPS) is 22.8. The predicted octanol–water partition coefficient (Wildman–Crippen LogP) is 5.46. The lowest BCUT2D eigenvalue weighted by Crippen LogP contribution is -2.39. The Morgan fingerprint density at radius 3 is 1.59 bits per heavy atom. The van der Waals surface area contributed by atoms with Crippen molar-refractivity contribution in [3.05, 3.63) is 108 Å². The van der Waals surface area contributed by atoms with Gasteiger partial charge < -0.3 is 18.9 Å². The molecule has 0 radical (unpaired) electrons. The molecule has 0 N–H and O–H groups in total. The second-order valence-electron chi connectivity index (χ2n) is 7.80. The van der Waals surface area contributed by atoms with E-state index in [0.717, 1.165) is 16.7 Å². The molecule has 4 nitrogen and oxygen atoms in total. The molecule has 1 aliphatic rings. The molecule has 4 atom stereocenters. The van der Waals surface area contributed by atoms with Crippen LogP contribution >= 0.6 is 11.8 Å². The van der Waals surface area contributed by atoms with Crippen molar-refractivity contribution in [3.63, 3.8) is 0 Å². The van der Waals surface area contributed by atoms with E-state index in [0.29, 0.717) is 26.4 Å². The average Bonchev–Trinajstić information content (AvgIpc) is 3.19. The van der Waals surface area contributed by atoms with Crippen LogP contribution in [0.1, 0.15) is 16.7 Å². The molecule has 0 aliphatic carbocycles. The van der Waals surface area contributed by atoms with Crippen molar-refractivity contribution >= 4 is 11.8 Å². The molecule has 5 heteroatoms. The van der Waals surface area contributed by atoms with Crippen LogP contribution in [-0.4, -0.2) is 36.6 Å². The van der Waals surface area contributed by atoms with Gasteiger partial charge in [-0.1, -0.05) is 91.0 Å². The van der Waals surface area contributed by atoms with Gasteiger partial charge in [-0.2, -0.15) is 0 Å². The molecule has 3 aromatic carbocycles. The second-order valence-corrected chi connectivity index (χ2v) is 9.14. The van der Waals surface area contributed by atoms with Crippen LogP contribution in [0.2, 0.25) is 0 Å². The highest BCUT2D eigenvalue weighted by Gasteiger charge is 2.46. The number of benzene rings is 3. The average molecular weight is 451 g/mol. The molecule has 1 saturated heterocycles. The Balaban J connectivity index is 1.42. The SMILES string of the molecule is COC1S[C@H](COCc2ccccc2)[C@@H](OCc2ccccc2)[C@@H]1OCc1ccccc1. The van der Waals surface area contributed by atoms with Crippen molar-refractivity contribution in [2.24, 2.45) is 0 Å². The lowest BCUT2D eigenvalue weighted by molar-refractivity contribution is -0.113. The van der Waals surface area contributed by atoms with Crippen molar-refractivity contribution in [1.29, 1.82) is 0 Å². The van der Waals surface area contributed by atoms with Gasteiger partial charge in [-0.05, 0) is 16.7 Å². The topological polar surface area (TPSA) is 36.9 Å². The Hall–Kier alpha value is -2.15.